The normalized spacial score (nSPS) is 19.9. The van der Waals surface area contributed by atoms with Crippen LogP contribution in [0.3, 0.4) is 0 Å². The van der Waals surface area contributed by atoms with Gasteiger partial charge in [0.1, 0.15) is 5.82 Å². The van der Waals surface area contributed by atoms with Crippen molar-refractivity contribution in [3.8, 4) is 0 Å². The van der Waals surface area contributed by atoms with Crippen molar-refractivity contribution in [1.29, 1.82) is 0 Å². The summed E-state index contributed by atoms with van der Waals surface area (Å²) < 4.78 is 13.1. The van der Waals surface area contributed by atoms with Gasteiger partial charge in [-0.05, 0) is 23.6 Å². The number of nitrogens with zero attached hydrogens (tertiary/aromatic N) is 2. The van der Waals surface area contributed by atoms with E-state index in [9.17, 15) is 14.0 Å². The van der Waals surface area contributed by atoms with Gasteiger partial charge in [0.25, 0.3) is 0 Å². The number of carbonyl (C=O) groups is 2. The van der Waals surface area contributed by atoms with E-state index in [1.807, 2.05) is 9.80 Å². The molecule has 1 heterocycles. The number of amides is 2. The molecule has 0 aromatic heterocycles. The van der Waals surface area contributed by atoms with Gasteiger partial charge in [-0.1, -0.05) is 26.0 Å². The van der Waals surface area contributed by atoms with Gasteiger partial charge >= 0.3 is 0 Å². The fourth-order valence-corrected chi connectivity index (χ4v) is 2.96. The van der Waals surface area contributed by atoms with E-state index < -0.39 is 0 Å². The zero-order chi connectivity index (χ0) is 17.0. The third-order valence-corrected chi connectivity index (χ3v) is 4.22. The molecule has 1 aromatic rings. The van der Waals surface area contributed by atoms with Crippen molar-refractivity contribution in [3.63, 3.8) is 0 Å². The van der Waals surface area contributed by atoms with Crippen molar-refractivity contribution in [2.24, 2.45) is 11.7 Å². The molecule has 0 aliphatic carbocycles. The molecule has 2 amide bonds. The smallest absolute Gasteiger partial charge is 0.231 e. The van der Waals surface area contributed by atoms with Crippen LogP contribution in [0.25, 0.3) is 0 Å². The lowest BCUT2D eigenvalue weighted by Gasteiger charge is -2.34. The van der Waals surface area contributed by atoms with Crippen LogP contribution in [0.4, 0.5) is 4.39 Å². The lowest BCUT2D eigenvalue weighted by atomic mass is 10.0. The third kappa shape index (κ3) is 4.76. The largest absolute Gasteiger partial charge is 0.369 e. The fraction of sp³-hybridized carbons (Fsp3) is 0.529. The van der Waals surface area contributed by atoms with Crippen molar-refractivity contribution in [1.82, 2.24) is 9.80 Å². The third-order valence-electron chi connectivity index (χ3n) is 4.22. The standard InChI is InChI=1S/C17H24FN3O2/c1-12(2)15-10-20(11-16(19)22)8-7-17(23)21(15)9-13-3-5-14(18)6-4-13/h3-6,12,15H,7-11H2,1-2H3,(H2,19,22)/t15-/m0/s1. The number of nitrogens with two attached hydrogens (primary N) is 1. The van der Waals surface area contributed by atoms with Gasteiger partial charge in [0.2, 0.25) is 11.8 Å². The van der Waals surface area contributed by atoms with E-state index in [4.69, 9.17) is 5.73 Å². The first kappa shape index (κ1) is 17.4. The topological polar surface area (TPSA) is 66.6 Å². The Balaban J connectivity index is 2.18. The lowest BCUT2D eigenvalue weighted by molar-refractivity contribution is -0.134. The summed E-state index contributed by atoms with van der Waals surface area (Å²) in [4.78, 5) is 27.5. The quantitative estimate of drug-likeness (QED) is 0.891. The molecule has 0 saturated carbocycles. The van der Waals surface area contributed by atoms with E-state index in [0.717, 1.165) is 5.56 Å². The number of benzene rings is 1. The highest BCUT2D eigenvalue weighted by Gasteiger charge is 2.31. The number of halogens is 1. The fourth-order valence-electron chi connectivity index (χ4n) is 2.96. The molecule has 2 N–H and O–H groups in total. The van der Waals surface area contributed by atoms with Gasteiger partial charge in [0.05, 0.1) is 6.54 Å². The molecule has 0 spiro atoms. The summed E-state index contributed by atoms with van der Waals surface area (Å²) in [6.45, 7) is 5.89. The first-order chi connectivity index (χ1) is 10.9. The number of carbonyl (C=O) groups excluding carboxylic acids is 2. The van der Waals surface area contributed by atoms with Gasteiger partial charge < -0.3 is 10.6 Å². The predicted molar refractivity (Wildman–Crippen MR) is 85.8 cm³/mol. The summed E-state index contributed by atoms with van der Waals surface area (Å²) >= 11 is 0. The maximum atomic E-state index is 13.1. The van der Waals surface area contributed by atoms with Crippen LogP contribution in [0, 0.1) is 11.7 Å². The average Bonchev–Trinajstić information content (AvgIpc) is 2.62. The minimum Gasteiger partial charge on any atom is -0.369 e. The van der Waals surface area contributed by atoms with Crippen LogP contribution >= 0.6 is 0 Å². The lowest BCUT2D eigenvalue weighted by Crippen LogP contribution is -2.47. The van der Waals surface area contributed by atoms with Crippen molar-refractivity contribution in [2.45, 2.75) is 32.9 Å². The maximum absolute atomic E-state index is 13.1. The Morgan fingerprint density at radius 3 is 2.57 bits per heavy atom. The van der Waals surface area contributed by atoms with Crippen LogP contribution in [0.15, 0.2) is 24.3 Å². The molecule has 126 valence electrons. The van der Waals surface area contributed by atoms with Gasteiger partial charge in [-0.3, -0.25) is 14.5 Å². The molecule has 0 unspecified atom stereocenters. The monoisotopic (exact) mass is 321 g/mol. The summed E-state index contributed by atoms with van der Waals surface area (Å²) in [5.41, 5.74) is 6.19. The molecular formula is C17H24FN3O2. The summed E-state index contributed by atoms with van der Waals surface area (Å²) in [5, 5.41) is 0. The minimum absolute atomic E-state index is 0.00518. The highest BCUT2D eigenvalue weighted by molar-refractivity contribution is 5.78. The van der Waals surface area contributed by atoms with Crippen LogP contribution < -0.4 is 5.73 Å². The second-order valence-electron chi connectivity index (χ2n) is 6.41. The van der Waals surface area contributed by atoms with Gasteiger partial charge in [0, 0.05) is 32.1 Å². The Kier molecular flexibility index (Phi) is 5.71. The Morgan fingerprint density at radius 1 is 1.35 bits per heavy atom. The van der Waals surface area contributed by atoms with Crippen molar-refractivity contribution in [2.75, 3.05) is 19.6 Å². The van der Waals surface area contributed by atoms with Crippen LogP contribution in [-0.4, -0.2) is 47.3 Å². The van der Waals surface area contributed by atoms with Crippen molar-refractivity contribution in [3.05, 3.63) is 35.6 Å². The van der Waals surface area contributed by atoms with Crippen LogP contribution in [0.5, 0.6) is 0 Å². The second-order valence-corrected chi connectivity index (χ2v) is 6.41. The molecule has 1 atom stereocenters. The van der Waals surface area contributed by atoms with Gasteiger partial charge in [-0.25, -0.2) is 4.39 Å². The van der Waals surface area contributed by atoms with Gasteiger partial charge in [-0.15, -0.1) is 0 Å². The van der Waals surface area contributed by atoms with Crippen molar-refractivity contribution >= 4 is 11.8 Å². The SMILES string of the molecule is CC(C)[C@@H]1CN(CC(N)=O)CCC(=O)N1Cc1ccc(F)cc1. The van der Waals surface area contributed by atoms with Crippen LogP contribution in [-0.2, 0) is 16.1 Å². The average molecular weight is 321 g/mol. The van der Waals surface area contributed by atoms with E-state index in [2.05, 4.69) is 13.8 Å². The molecule has 0 radical (unpaired) electrons. The van der Waals surface area contributed by atoms with Crippen LogP contribution in [0.2, 0.25) is 0 Å². The zero-order valence-corrected chi connectivity index (χ0v) is 13.7. The molecule has 23 heavy (non-hydrogen) atoms. The maximum Gasteiger partial charge on any atom is 0.231 e. The van der Waals surface area contributed by atoms with Gasteiger partial charge in [-0.2, -0.15) is 0 Å². The molecule has 1 aliphatic rings. The molecule has 2 rings (SSSR count). The number of hydrogen-bond donors (Lipinski definition) is 1. The van der Waals surface area contributed by atoms with E-state index in [-0.39, 0.29) is 36.1 Å². The molecule has 1 aliphatic heterocycles. The minimum atomic E-state index is -0.382. The summed E-state index contributed by atoms with van der Waals surface area (Å²) in [7, 11) is 0. The van der Waals surface area contributed by atoms with Gasteiger partial charge in [0.15, 0.2) is 0 Å². The van der Waals surface area contributed by atoms with E-state index >= 15 is 0 Å². The molecule has 1 fully saturated rings. The molecule has 1 aromatic carbocycles. The van der Waals surface area contributed by atoms with Crippen LogP contribution in [0.1, 0.15) is 25.8 Å². The number of primary amides is 1. The Labute approximate surface area is 136 Å². The molecule has 5 nitrogen and oxygen atoms in total. The first-order valence-electron chi connectivity index (χ1n) is 7.91. The Morgan fingerprint density at radius 2 is 2.00 bits per heavy atom. The first-order valence-corrected chi connectivity index (χ1v) is 7.91. The summed E-state index contributed by atoms with van der Waals surface area (Å²) in [6, 6.07) is 6.20. The highest BCUT2D eigenvalue weighted by atomic mass is 19.1. The Hall–Kier alpha value is -1.95. The van der Waals surface area contributed by atoms with Crippen molar-refractivity contribution < 1.29 is 14.0 Å². The molecule has 1 saturated heterocycles. The Bertz CT molecular complexity index is 559. The highest BCUT2D eigenvalue weighted by Crippen LogP contribution is 2.21. The molecule has 6 heteroatoms. The van der Waals surface area contributed by atoms with E-state index in [0.29, 0.717) is 26.1 Å². The number of hydrogen-bond acceptors (Lipinski definition) is 3. The summed E-state index contributed by atoms with van der Waals surface area (Å²) in [6.07, 6.45) is 0.359. The van der Waals surface area contributed by atoms with E-state index in [1.54, 1.807) is 12.1 Å². The predicted octanol–water partition coefficient (Wildman–Crippen LogP) is 1.37. The molecular weight excluding hydrogens is 297 g/mol. The number of rotatable bonds is 5. The van der Waals surface area contributed by atoms with E-state index in [1.165, 1.54) is 12.1 Å². The zero-order valence-electron chi connectivity index (χ0n) is 13.7. The second kappa shape index (κ2) is 7.55. The molecule has 0 bridgehead atoms. The summed E-state index contributed by atoms with van der Waals surface area (Å²) in [5.74, 6) is -0.371.